The van der Waals surface area contributed by atoms with Crippen molar-refractivity contribution in [3.63, 3.8) is 0 Å². The van der Waals surface area contributed by atoms with Gasteiger partial charge in [-0.05, 0) is 18.2 Å². The van der Waals surface area contributed by atoms with Gasteiger partial charge in [0.25, 0.3) is 5.91 Å². The molecule has 1 aromatic heterocycles. The number of carbonyl (C=O) groups excluding carboxylic acids is 1. The first-order valence-corrected chi connectivity index (χ1v) is 6.16. The molecule has 0 spiro atoms. The number of carbonyl (C=O) groups is 1. The normalized spacial score (nSPS) is 9.86. The van der Waals surface area contributed by atoms with E-state index in [0.717, 1.165) is 0 Å². The predicted octanol–water partition coefficient (Wildman–Crippen LogP) is 0.940. The lowest BCUT2D eigenvalue weighted by molar-refractivity contribution is 0.102. The van der Waals surface area contributed by atoms with Crippen LogP contribution in [0.3, 0.4) is 0 Å². The van der Waals surface area contributed by atoms with E-state index in [1.165, 1.54) is 29.2 Å². The Balaban J connectivity index is 2.22. The summed E-state index contributed by atoms with van der Waals surface area (Å²) in [7, 11) is 1.61. The van der Waals surface area contributed by atoms with Crippen LogP contribution in [-0.4, -0.2) is 32.4 Å². The third-order valence-corrected chi connectivity index (χ3v) is 2.62. The lowest BCUT2D eigenvalue weighted by Gasteiger charge is -2.05. The van der Waals surface area contributed by atoms with Crippen molar-refractivity contribution in [2.45, 2.75) is 6.42 Å². The Hall–Kier alpha value is -2.72. The number of hydrogen-bond acceptors (Lipinski definition) is 4. The van der Waals surface area contributed by atoms with Crippen LogP contribution >= 0.6 is 0 Å². The van der Waals surface area contributed by atoms with Crippen molar-refractivity contribution in [2.24, 2.45) is 7.05 Å². The zero-order chi connectivity index (χ0) is 15.2. The van der Waals surface area contributed by atoms with Gasteiger partial charge in [-0.25, -0.2) is 9.07 Å². The third-order valence-electron chi connectivity index (χ3n) is 2.62. The number of rotatable bonds is 3. The molecule has 0 saturated heterocycles. The van der Waals surface area contributed by atoms with Crippen molar-refractivity contribution in [1.82, 2.24) is 14.8 Å². The molecule has 0 unspecified atom stereocenters. The van der Waals surface area contributed by atoms with Crippen LogP contribution in [0, 0.1) is 17.7 Å². The molecule has 2 rings (SSSR count). The number of aliphatic hydroxyl groups excluding tert-OH is 1. The van der Waals surface area contributed by atoms with E-state index in [2.05, 4.69) is 27.2 Å². The molecule has 0 radical (unpaired) electrons. The van der Waals surface area contributed by atoms with Crippen LogP contribution in [0.2, 0.25) is 0 Å². The van der Waals surface area contributed by atoms with Crippen LogP contribution in [0.4, 0.5) is 10.3 Å². The second-order valence-corrected chi connectivity index (χ2v) is 4.13. The molecule has 1 aromatic carbocycles. The highest BCUT2D eigenvalue weighted by molar-refractivity contribution is 6.03. The molecule has 2 aromatic rings. The Morgan fingerprint density at radius 1 is 1.52 bits per heavy atom. The maximum atomic E-state index is 13.7. The van der Waals surface area contributed by atoms with E-state index < -0.39 is 11.7 Å². The summed E-state index contributed by atoms with van der Waals surface area (Å²) in [6, 6.07) is 4.00. The number of anilines is 1. The number of benzene rings is 1. The SMILES string of the molecule is Cn1ncnc1NC(=O)c1cc(C#CCCO)ccc1F. The van der Waals surface area contributed by atoms with Gasteiger partial charge >= 0.3 is 0 Å². The van der Waals surface area contributed by atoms with Gasteiger partial charge in [-0.2, -0.15) is 10.1 Å². The number of hydrogen-bond donors (Lipinski definition) is 2. The van der Waals surface area contributed by atoms with E-state index in [-0.39, 0.29) is 18.1 Å². The minimum absolute atomic E-state index is 0.0479. The Bertz CT molecular complexity index is 715. The highest BCUT2D eigenvalue weighted by atomic mass is 19.1. The van der Waals surface area contributed by atoms with Crippen molar-refractivity contribution in [3.8, 4) is 11.8 Å². The third kappa shape index (κ3) is 3.64. The molecular weight excluding hydrogens is 275 g/mol. The lowest BCUT2D eigenvalue weighted by Crippen LogP contribution is -2.17. The molecule has 1 heterocycles. The van der Waals surface area contributed by atoms with Crippen LogP contribution in [0.15, 0.2) is 24.5 Å². The molecule has 0 aliphatic heterocycles. The summed E-state index contributed by atoms with van der Waals surface area (Å²) in [5.41, 5.74) is 0.363. The lowest BCUT2D eigenvalue weighted by atomic mass is 10.1. The molecular formula is C14H13FN4O2. The van der Waals surface area contributed by atoms with Gasteiger partial charge in [-0.15, -0.1) is 0 Å². The summed E-state index contributed by atoms with van der Waals surface area (Å²) in [4.78, 5) is 15.9. The van der Waals surface area contributed by atoms with Gasteiger partial charge in [0.2, 0.25) is 5.95 Å². The molecule has 21 heavy (non-hydrogen) atoms. The topological polar surface area (TPSA) is 80.0 Å². The summed E-state index contributed by atoms with van der Waals surface area (Å²) < 4.78 is 15.1. The number of aryl methyl sites for hydroxylation is 1. The fourth-order valence-electron chi connectivity index (χ4n) is 1.58. The number of nitrogens with one attached hydrogen (secondary N) is 1. The second kappa shape index (κ2) is 6.63. The van der Waals surface area contributed by atoms with E-state index >= 15 is 0 Å². The Labute approximate surface area is 120 Å². The van der Waals surface area contributed by atoms with Crippen LogP contribution < -0.4 is 5.32 Å². The number of nitrogens with zero attached hydrogens (tertiary/aromatic N) is 3. The molecule has 0 aliphatic rings. The Morgan fingerprint density at radius 3 is 3.00 bits per heavy atom. The van der Waals surface area contributed by atoms with Gasteiger partial charge in [0.05, 0.1) is 12.2 Å². The highest BCUT2D eigenvalue weighted by Crippen LogP contribution is 2.12. The second-order valence-electron chi connectivity index (χ2n) is 4.13. The Kier molecular flexibility index (Phi) is 4.64. The zero-order valence-corrected chi connectivity index (χ0v) is 11.3. The maximum absolute atomic E-state index is 13.7. The molecule has 6 nitrogen and oxygen atoms in total. The number of aromatic nitrogens is 3. The summed E-state index contributed by atoms with van der Waals surface area (Å²) in [5.74, 6) is 4.40. The molecule has 108 valence electrons. The van der Waals surface area contributed by atoms with Gasteiger partial charge in [0.1, 0.15) is 12.1 Å². The van der Waals surface area contributed by atoms with Crippen LogP contribution in [0.25, 0.3) is 0 Å². The number of halogens is 1. The quantitative estimate of drug-likeness (QED) is 0.824. The molecule has 0 fully saturated rings. The van der Waals surface area contributed by atoms with Gasteiger partial charge in [-0.3, -0.25) is 10.1 Å². The summed E-state index contributed by atoms with van der Waals surface area (Å²) in [6.45, 7) is -0.0479. The molecule has 0 aliphatic carbocycles. The molecule has 0 saturated carbocycles. The standard InChI is InChI=1S/C14H13FN4O2/c1-19-14(16-9-17-19)18-13(21)11-8-10(4-2-3-7-20)5-6-12(11)15/h5-6,8-9,20H,3,7H2,1H3,(H,16,17,18,21). The molecule has 2 N–H and O–H groups in total. The molecule has 0 bridgehead atoms. The van der Waals surface area contributed by atoms with Crippen LogP contribution in [0.1, 0.15) is 22.3 Å². The largest absolute Gasteiger partial charge is 0.395 e. The monoisotopic (exact) mass is 288 g/mol. The maximum Gasteiger partial charge on any atom is 0.261 e. The van der Waals surface area contributed by atoms with Crippen molar-refractivity contribution in [2.75, 3.05) is 11.9 Å². The predicted molar refractivity (Wildman–Crippen MR) is 73.9 cm³/mol. The molecule has 1 amide bonds. The summed E-state index contributed by atoms with van der Waals surface area (Å²) >= 11 is 0. The first kappa shape index (κ1) is 14.7. The zero-order valence-electron chi connectivity index (χ0n) is 11.3. The number of amides is 1. The van der Waals surface area contributed by atoms with Crippen molar-refractivity contribution in [1.29, 1.82) is 0 Å². The summed E-state index contributed by atoms with van der Waals surface area (Å²) in [6.07, 6.45) is 1.60. The molecule has 7 heteroatoms. The van der Waals surface area contributed by atoms with Crippen LogP contribution in [-0.2, 0) is 7.05 Å². The van der Waals surface area contributed by atoms with Gasteiger partial charge in [0.15, 0.2) is 0 Å². The first-order chi connectivity index (χ1) is 10.1. The summed E-state index contributed by atoms with van der Waals surface area (Å²) in [5, 5.41) is 14.9. The fourth-order valence-corrected chi connectivity index (χ4v) is 1.58. The van der Waals surface area contributed by atoms with Crippen molar-refractivity contribution >= 4 is 11.9 Å². The van der Waals surface area contributed by atoms with E-state index in [9.17, 15) is 9.18 Å². The smallest absolute Gasteiger partial charge is 0.261 e. The Morgan fingerprint density at radius 2 is 2.33 bits per heavy atom. The highest BCUT2D eigenvalue weighted by Gasteiger charge is 2.14. The number of aliphatic hydroxyl groups is 1. The van der Waals surface area contributed by atoms with E-state index in [1.54, 1.807) is 7.05 Å². The minimum Gasteiger partial charge on any atom is -0.395 e. The fraction of sp³-hybridized carbons (Fsp3) is 0.214. The van der Waals surface area contributed by atoms with Crippen molar-refractivity contribution < 1.29 is 14.3 Å². The average Bonchev–Trinajstić information content (AvgIpc) is 2.86. The molecule has 0 atom stereocenters. The van der Waals surface area contributed by atoms with Gasteiger partial charge in [-0.1, -0.05) is 11.8 Å². The van der Waals surface area contributed by atoms with Crippen molar-refractivity contribution in [3.05, 3.63) is 41.5 Å². The van der Waals surface area contributed by atoms with Gasteiger partial charge in [0, 0.05) is 19.0 Å². The first-order valence-electron chi connectivity index (χ1n) is 6.16. The van der Waals surface area contributed by atoms with Gasteiger partial charge < -0.3 is 5.11 Å². The van der Waals surface area contributed by atoms with Crippen LogP contribution in [0.5, 0.6) is 0 Å². The average molecular weight is 288 g/mol. The van der Waals surface area contributed by atoms with E-state index in [4.69, 9.17) is 5.11 Å². The van der Waals surface area contributed by atoms with E-state index in [1.807, 2.05) is 0 Å². The van der Waals surface area contributed by atoms with E-state index in [0.29, 0.717) is 12.0 Å². The minimum atomic E-state index is -0.651.